The second kappa shape index (κ2) is 5.95. The van der Waals surface area contributed by atoms with E-state index in [0.717, 1.165) is 11.4 Å². The zero-order chi connectivity index (χ0) is 15.6. The van der Waals surface area contributed by atoms with Gasteiger partial charge in [0, 0.05) is 31.5 Å². The largest absolute Gasteiger partial charge is 0.350 e. The summed E-state index contributed by atoms with van der Waals surface area (Å²) in [5, 5.41) is 7.27. The molecule has 1 N–H and O–H groups in total. The van der Waals surface area contributed by atoms with Crippen molar-refractivity contribution in [3.8, 4) is 0 Å². The van der Waals surface area contributed by atoms with Gasteiger partial charge in [0.15, 0.2) is 0 Å². The lowest BCUT2D eigenvalue weighted by Gasteiger charge is -2.15. The van der Waals surface area contributed by atoms with Gasteiger partial charge in [-0.15, -0.1) is 0 Å². The van der Waals surface area contributed by atoms with Gasteiger partial charge in [-0.05, 0) is 32.9 Å². The minimum absolute atomic E-state index is 0.0650. The fraction of sp³-hybridized carbons (Fsp3) is 0.400. The quantitative estimate of drug-likeness (QED) is 0.919. The Labute approximate surface area is 123 Å². The first-order valence-electron chi connectivity index (χ1n) is 6.86. The van der Waals surface area contributed by atoms with E-state index in [1.807, 2.05) is 31.5 Å². The number of carbonyl (C=O) groups excluding carboxylic acids is 1. The van der Waals surface area contributed by atoms with Gasteiger partial charge >= 0.3 is 0 Å². The summed E-state index contributed by atoms with van der Waals surface area (Å²) in [6, 6.07) is 4.99. The van der Waals surface area contributed by atoms with Crippen LogP contribution in [0.1, 0.15) is 34.7 Å². The van der Waals surface area contributed by atoms with Crippen molar-refractivity contribution < 1.29 is 4.79 Å². The third-order valence-electron chi connectivity index (χ3n) is 3.37. The molecule has 2 aromatic heterocycles. The van der Waals surface area contributed by atoms with Crippen molar-refractivity contribution in [2.24, 2.45) is 7.05 Å². The molecule has 0 radical (unpaired) electrons. The molecule has 0 saturated heterocycles. The van der Waals surface area contributed by atoms with Gasteiger partial charge in [-0.3, -0.25) is 14.3 Å². The molecule has 21 heavy (non-hydrogen) atoms. The van der Waals surface area contributed by atoms with Gasteiger partial charge in [0.25, 0.3) is 5.91 Å². The number of amides is 1. The monoisotopic (exact) mass is 288 g/mol. The van der Waals surface area contributed by atoms with Crippen molar-refractivity contribution >= 4 is 5.91 Å². The average molecular weight is 288 g/mol. The second-order valence-corrected chi connectivity index (χ2v) is 5.30. The van der Waals surface area contributed by atoms with E-state index in [9.17, 15) is 9.59 Å². The standard InChI is InChI=1S/C15H20N4O2/c1-10-7-11(2)19(17-10)12(3)8-16-15(21)13-5-6-14(20)18(4)9-13/h5-7,9,12H,8H2,1-4H3,(H,16,21)/t12-/m0/s1. The molecule has 0 spiro atoms. The number of pyridine rings is 1. The normalized spacial score (nSPS) is 12.2. The number of carbonyl (C=O) groups is 1. The molecule has 0 aliphatic carbocycles. The lowest BCUT2D eigenvalue weighted by atomic mass is 10.2. The van der Waals surface area contributed by atoms with Crippen LogP contribution in [0.2, 0.25) is 0 Å². The lowest BCUT2D eigenvalue weighted by molar-refractivity contribution is 0.0947. The van der Waals surface area contributed by atoms with Crippen LogP contribution in [0.5, 0.6) is 0 Å². The summed E-state index contributed by atoms with van der Waals surface area (Å²) in [6.45, 7) is 6.41. The Kier molecular flexibility index (Phi) is 4.26. The van der Waals surface area contributed by atoms with Gasteiger partial charge in [-0.2, -0.15) is 5.10 Å². The molecule has 6 heteroatoms. The molecule has 6 nitrogen and oxygen atoms in total. The third kappa shape index (κ3) is 3.39. The van der Waals surface area contributed by atoms with Gasteiger partial charge < -0.3 is 9.88 Å². The van der Waals surface area contributed by atoms with Crippen LogP contribution >= 0.6 is 0 Å². The summed E-state index contributed by atoms with van der Waals surface area (Å²) in [5.74, 6) is -0.195. The predicted octanol–water partition coefficient (Wildman–Crippen LogP) is 1.19. The summed E-state index contributed by atoms with van der Waals surface area (Å²) >= 11 is 0. The van der Waals surface area contributed by atoms with Crippen molar-refractivity contribution in [1.82, 2.24) is 19.7 Å². The van der Waals surface area contributed by atoms with Gasteiger partial charge in [0.1, 0.15) is 0 Å². The first kappa shape index (κ1) is 15.0. The maximum Gasteiger partial charge on any atom is 0.252 e. The number of rotatable bonds is 4. The molecule has 1 atom stereocenters. The van der Waals surface area contributed by atoms with Crippen LogP contribution < -0.4 is 10.9 Å². The fourth-order valence-electron chi connectivity index (χ4n) is 2.25. The van der Waals surface area contributed by atoms with Gasteiger partial charge in [-0.25, -0.2) is 0 Å². The number of hydrogen-bond donors (Lipinski definition) is 1. The number of hydrogen-bond acceptors (Lipinski definition) is 3. The summed E-state index contributed by atoms with van der Waals surface area (Å²) in [7, 11) is 1.62. The predicted molar refractivity (Wildman–Crippen MR) is 80.4 cm³/mol. The van der Waals surface area contributed by atoms with Crippen molar-refractivity contribution in [2.45, 2.75) is 26.8 Å². The minimum Gasteiger partial charge on any atom is -0.350 e. The summed E-state index contributed by atoms with van der Waals surface area (Å²) in [6.07, 6.45) is 1.53. The van der Waals surface area contributed by atoms with E-state index in [2.05, 4.69) is 10.4 Å². The molecule has 0 aliphatic heterocycles. The molecular formula is C15H20N4O2. The van der Waals surface area contributed by atoms with Crippen LogP contribution in [-0.2, 0) is 7.05 Å². The number of aromatic nitrogens is 3. The molecular weight excluding hydrogens is 268 g/mol. The maximum absolute atomic E-state index is 12.1. The zero-order valence-electron chi connectivity index (χ0n) is 12.8. The Hall–Kier alpha value is -2.37. The van der Waals surface area contributed by atoms with E-state index in [-0.39, 0.29) is 17.5 Å². The molecule has 0 aromatic carbocycles. The first-order valence-corrected chi connectivity index (χ1v) is 6.86. The highest BCUT2D eigenvalue weighted by Crippen LogP contribution is 2.09. The van der Waals surface area contributed by atoms with E-state index >= 15 is 0 Å². The SMILES string of the molecule is Cc1cc(C)n([C@@H](C)CNC(=O)c2ccc(=O)n(C)c2)n1. The van der Waals surface area contributed by atoms with E-state index in [1.165, 1.54) is 22.9 Å². The maximum atomic E-state index is 12.1. The van der Waals surface area contributed by atoms with E-state index in [1.54, 1.807) is 7.05 Å². The van der Waals surface area contributed by atoms with Crippen LogP contribution in [-0.4, -0.2) is 26.8 Å². The fourth-order valence-corrected chi connectivity index (χ4v) is 2.25. The Morgan fingerprint density at radius 1 is 1.38 bits per heavy atom. The average Bonchev–Trinajstić information content (AvgIpc) is 2.77. The van der Waals surface area contributed by atoms with Crippen molar-refractivity contribution in [3.05, 3.63) is 51.7 Å². The zero-order valence-corrected chi connectivity index (χ0v) is 12.8. The topological polar surface area (TPSA) is 68.9 Å². The number of aryl methyl sites for hydroxylation is 3. The molecule has 0 saturated carbocycles. The Morgan fingerprint density at radius 2 is 2.10 bits per heavy atom. The van der Waals surface area contributed by atoms with Crippen LogP contribution in [0.3, 0.4) is 0 Å². The molecule has 1 amide bonds. The molecule has 2 rings (SSSR count). The van der Waals surface area contributed by atoms with Crippen LogP contribution in [0, 0.1) is 13.8 Å². The van der Waals surface area contributed by atoms with Crippen molar-refractivity contribution in [1.29, 1.82) is 0 Å². The smallest absolute Gasteiger partial charge is 0.252 e. The summed E-state index contributed by atoms with van der Waals surface area (Å²) in [5.41, 5.74) is 2.36. The number of nitrogens with one attached hydrogen (secondary N) is 1. The highest BCUT2D eigenvalue weighted by Gasteiger charge is 2.12. The summed E-state index contributed by atoms with van der Waals surface area (Å²) in [4.78, 5) is 23.4. The molecule has 2 heterocycles. The molecule has 0 unspecified atom stereocenters. The lowest BCUT2D eigenvalue weighted by Crippen LogP contribution is -2.31. The Morgan fingerprint density at radius 3 is 2.67 bits per heavy atom. The van der Waals surface area contributed by atoms with Crippen molar-refractivity contribution in [3.63, 3.8) is 0 Å². The van der Waals surface area contributed by atoms with Gasteiger partial charge in [0.2, 0.25) is 5.56 Å². The summed E-state index contributed by atoms with van der Waals surface area (Å²) < 4.78 is 3.29. The Bertz CT molecular complexity index is 715. The molecule has 0 aliphatic rings. The van der Waals surface area contributed by atoms with E-state index < -0.39 is 0 Å². The third-order valence-corrected chi connectivity index (χ3v) is 3.37. The highest BCUT2D eigenvalue weighted by atomic mass is 16.2. The van der Waals surface area contributed by atoms with Crippen LogP contribution in [0.4, 0.5) is 0 Å². The van der Waals surface area contributed by atoms with Crippen LogP contribution in [0.15, 0.2) is 29.2 Å². The van der Waals surface area contributed by atoms with Gasteiger partial charge in [0.05, 0.1) is 17.3 Å². The highest BCUT2D eigenvalue weighted by molar-refractivity contribution is 5.93. The van der Waals surface area contributed by atoms with Crippen molar-refractivity contribution in [2.75, 3.05) is 6.54 Å². The van der Waals surface area contributed by atoms with E-state index in [4.69, 9.17) is 0 Å². The Balaban J connectivity index is 2.02. The molecule has 0 bridgehead atoms. The molecule has 0 fully saturated rings. The molecule has 2 aromatic rings. The van der Waals surface area contributed by atoms with Crippen LogP contribution in [0.25, 0.3) is 0 Å². The minimum atomic E-state index is -0.195. The molecule has 112 valence electrons. The van der Waals surface area contributed by atoms with E-state index in [0.29, 0.717) is 12.1 Å². The number of nitrogens with zero attached hydrogens (tertiary/aromatic N) is 3. The first-order chi connectivity index (χ1) is 9.88. The second-order valence-electron chi connectivity index (χ2n) is 5.30. The van der Waals surface area contributed by atoms with Gasteiger partial charge in [-0.1, -0.05) is 0 Å².